The number of para-hydroxylation sites is 2. The van der Waals surface area contributed by atoms with Crippen molar-refractivity contribution in [2.24, 2.45) is 0 Å². The molecule has 0 saturated heterocycles. The van der Waals surface area contributed by atoms with Crippen molar-refractivity contribution < 1.29 is 11.3 Å². The highest BCUT2D eigenvalue weighted by molar-refractivity contribution is 6.13. The standard InChI is InChI=1S/C54H36N4O/c1-54(2)44-24-12-9-22-40(44)49-41(23-15-25-45(49)54)52-55-51(34-18-7-4-8-19-34)56-53(57-52)43-32-36(58-46-26-13-10-20-37(46)38-21-11-14-27-47(38)58)31-42-39-29-28-35(30-48(39)59-50(42)43)33-16-5-3-6-17-33/h3-32H,1-2H3/i3D,5D,6D,16D,17D. The van der Waals surface area contributed by atoms with E-state index in [0.29, 0.717) is 39.8 Å². The van der Waals surface area contributed by atoms with Gasteiger partial charge in [0.25, 0.3) is 0 Å². The lowest BCUT2D eigenvalue weighted by Crippen LogP contribution is -2.14. The Labute approximate surface area is 347 Å². The Hall–Kier alpha value is -7.63. The van der Waals surface area contributed by atoms with Crippen LogP contribution in [0.2, 0.25) is 0 Å². The van der Waals surface area contributed by atoms with E-state index < -0.39 is 18.1 Å². The van der Waals surface area contributed by atoms with Gasteiger partial charge in [0.1, 0.15) is 11.2 Å². The predicted molar refractivity (Wildman–Crippen MR) is 241 cm³/mol. The molecule has 1 aliphatic rings. The maximum Gasteiger partial charge on any atom is 0.167 e. The Balaban J connectivity index is 1.17. The number of hydrogen-bond donors (Lipinski definition) is 0. The van der Waals surface area contributed by atoms with E-state index in [0.717, 1.165) is 60.5 Å². The molecule has 0 saturated carbocycles. The fourth-order valence-corrected chi connectivity index (χ4v) is 9.18. The Bertz CT molecular complexity index is 3700. The molecule has 0 bridgehead atoms. The van der Waals surface area contributed by atoms with E-state index >= 15 is 0 Å². The molecule has 5 nitrogen and oxygen atoms in total. The third-order valence-electron chi connectivity index (χ3n) is 11.9. The largest absolute Gasteiger partial charge is 0.455 e. The molecule has 8 aromatic carbocycles. The summed E-state index contributed by atoms with van der Waals surface area (Å²) in [6, 6.07) is 49.5. The van der Waals surface area contributed by atoms with Gasteiger partial charge in [-0.05, 0) is 69.8 Å². The quantitative estimate of drug-likeness (QED) is 0.175. The Morgan fingerprint density at radius 2 is 1.14 bits per heavy atom. The van der Waals surface area contributed by atoms with E-state index in [-0.39, 0.29) is 23.1 Å². The summed E-state index contributed by atoms with van der Waals surface area (Å²) in [5.41, 5.74) is 11.4. The molecule has 3 heterocycles. The molecule has 278 valence electrons. The molecule has 59 heavy (non-hydrogen) atoms. The average molecular weight is 762 g/mol. The monoisotopic (exact) mass is 761 g/mol. The fraction of sp³-hybridized carbons (Fsp3) is 0.0556. The van der Waals surface area contributed by atoms with Crippen LogP contribution >= 0.6 is 0 Å². The molecular weight excluding hydrogens is 721 g/mol. The zero-order chi connectivity index (χ0) is 43.6. The maximum absolute atomic E-state index is 8.74. The number of furan rings is 1. The summed E-state index contributed by atoms with van der Waals surface area (Å²) in [5, 5.41) is 3.83. The van der Waals surface area contributed by atoms with Crippen LogP contribution in [0.4, 0.5) is 0 Å². The molecule has 1 aliphatic carbocycles. The first-order chi connectivity index (χ1) is 31.1. The molecule has 5 heteroatoms. The van der Waals surface area contributed by atoms with Gasteiger partial charge in [-0.2, -0.15) is 0 Å². The van der Waals surface area contributed by atoms with Crippen LogP contribution < -0.4 is 0 Å². The Morgan fingerprint density at radius 1 is 0.492 bits per heavy atom. The van der Waals surface area contributed by atoms with Gasteiger partial charge in [-0.25, -0.2) is 15.0 Å². The predicted octanol–water partition coefficient (Wildman–Crippen LogP) is 13.8. The first kappa shape index (κ1) is 28.7. The molecule has 0 amide bonds. The third-order valence-corrected chi connectivity index (χ3v) is 11.9. The van der Waals surface area contributed by atoms with E-state index in [2.05, 4.69) is 109 Å². The lowest BCUT2D eigenvalue weighted by atomic mass is 9.82. The molecular formula is C54H36N4O. The molecule has 0 spiro atoms. The van der Waals surface area contributed by atoms with Crippen LogP contribution in [0.5, 0.6) is 0 Å². The van der Waals surface area contributed by atoms with Crippen LogP contribution in [-0.2, 0) is 5.41 Å². The van der Waals surface area contributed by atoms with Crippen LogP contribution in [0.15, 0.2) is 186 Å². The minimum Gasteiger partial charge on any atom is -0.455 e. The number of nitrogens with zero attached hydrogens (tertiary/aromatic N) is 4. The van der Waals surface area contributed by atoms with Crippen molar-refractivity contribution in [1.29, 1.82) is 0 Å². The van der Waals surface area contributed by atoms with Crippen LogP contribution in [0, 0.1) is 0 Å². The molecule has 12 rings (SSSR count). The van der Waals surface area contributed by atoms with Gasteiger partial charge in [0.05, 0.1) is 23.5 Å². The summed E-state index contributed by atoms with van der Waals surface area (Å²) in [7, 11) is 0. The van der Waals surface area contributed by atoms with Gasteiger partial charge in [0, 0.05) is 43.8 Å². The van der Waals surface area contributed by atoms with E-state index in [1.54, 1.807) is 12.1 Å². The molecule has 11 aromatic rings. The van der Waals surface area contributed by atoms with E-state index in [1.165, 1.54) is 11.1 Å². The molecule has 0 N–H and O–H groups in total. The number of aromatic nitrogens is 4. The normalized spacial score (nSPS) is 14.2. The number of fused-ring (bicyclic) bond motifs is 9. The zero-order valence-electron chi connectivity index (χ0n) is 37.1. The molecule has 0 unspecified atom stereocenters. The maximum atomic E-state index is 8.74. The molecule has 3 aromatic heterocycles. The van der Waals surface area contributed by atoms with Crippen LogP contribution in [0.25, 0.3) is 106 Å². The summed E-state index contributed by atoms with van der Waals surface area (Å²) in [4.78, 5) is 15.8. The minimum absolute atomic E-state index is 0.106. The zero-order valence-corrected chi connectivity index (χ0v) is 32.1. The van der Waals surface area contributed by atoms with Crippen molar-refractivity contribution in [2.45, 2.75) is 19.3 Å². The Morgan fingerprint density at radius 3 is 1.92 bits per heavy atom. The summed E-state index contributed by atoms with van der Waals surface area (Å²) < 4.78 is 51.5. The van der Waals surface area contributed by atoms with E-state index in [1.807, 2.05) is 48.5 Å². The second kappa shape index (κ2) is 12.7. The number of hydrogen-bond acceptors (Lipinski definition) is 4. The SMILES string of the molecule is [2H]c1c([2H])c([2H])c(-c2ccc3c(c2)oc2c(-c4nc(-c5ccccc5)nc(-c5cccc6c5-c5ccccc5C6(C)C)n4)cc(-n4c5ccccc5c5ccccc54)cc23)c([2H])c1[2H]. The summed E-state index contributed by atoms with van der Waals surface area (Å²) in [5.74, 6) is 1.46. The van der Waals surface area contributed by atoms with Gasteiger partial charge in [-0.15, -0.1) is 0 Å². The van der Waals surface area contributed by atoms with Crippen LogP contribution in [-0.4, -0.2) is 19.5 Å². The minimum atomic E-state index is -0.439. The van der Waals surface area contributed by atoms with Crippen molar-refractivity contribution in [2.75, 3.05) is 0 Å². The van der Waals surface area contributed by atoms with E-state index in [4.69, 9.17) is 26.2 Å². The molecule has 0 fully saturated rings. The first-order valence-corrected chi connectivity index (χ1v) is 19.7. The van der Waals surface area contributed by atoms with Gasteiger partial charge in [-0.1, -0.05) is 159 Å². The summed E-state index contributed by atoms with van der Waals surface area (Å²) in [6.45, 7) is 4.52. The first-order valence-electron chi connectivity index (χ1n) is 22.2. The highest BCUT2D eigenvalue weighted by Crippen LogP contribution is 2.52. The molecule has 0 aliphatic heterocycles. The summed E-state index contributed by atoms with van der Waals surface area (Å²) >= 11 is 0. The van der Waals surface area contributed by atoms with Gasteiger partial charge >= 0.3 is 0 Å². The summed E-state index contributed by atoms with van der Waals surface area (Å²) in [6.07, 6.45) is 0. The average Bonchev–Trinajstić information content (AvgIpc) is 3.95. The second-order valence-electron chi connectivity index (χ2n) is 15.6. The smallest absolute Gasteiger partial charge is 0.167 e. The van der Waals surface area contributed by atoms with E-state index in [9.17, 15) is 0 Å². The van der Waals surface area contributed by atoms with Crippen molar-refractivity contribution >= 4 is 43.7 Å². The highest BCUT2D eigenvalue weighted by atomic mass is 16.3. The second-order valence-corrected chi connectivity index (χ2v) is 15.6. The van der Waals surface area contributed by atoms with Crippen LogP contribution in [0.3, 0.4) is 0 Å². The lowest BCUT2D eigenvalue weighted by Gasteiger charge is -2.21. The number of rotatable bonds is 5. The fourth-order valence-electron chi connectivity index (χ4n) is 9.18. The molecule has 0 radical (unpaired) electrons. The van der Waals surface area contributed by atoms with Crippen LogP contribution in [0.1, 0.15) is 31.8 Å². The third kappa shape index (κ3) is 5.08. The van der Waals surface area contributed by atoms with Crippen molar-refractivity contribution in [3.8, 4) is 62.1 Å². The van der Waals surface area contributed by atoms with Crippen molar-refractivity contribution in [3.05, 3.63) is 193 Å². The van der Waals surface area contributed by atoms with Crippen molar-refractivity contribution in [1.82, 2.24) is 19.5 Å². The topological polar surface area (TPSA) is 56.7 Å². The Kier molecular flexibility index (Phi) is 6.18. The highest BCUT2D eigenvalue weighted by Gasteiger charge is 2.37. The van der Waals surface area contributed by atoms with Gasteiger partial charge in [0.15, 0.2) is 17.5 Å². The van der Waals surface area contributed by atoms with Gasteiger partial charge < -0.3 is 8.98 Å². The van der Waals surface area contributed by atoms with Gasteiger partial charge in [0.2, 0.25) is 0 Å². The van der Waals surface area contributed by atoms with Gasteiger partial charge in [-0.3, -0.25) is 0 Å². The molecule has 0 atom stereocenters. The number of benzene rings is 8. The van der Waals surface area contributed by atoms with Crippen molar-refractivity contribution in [3.63, 3.8) is 0 Å². The lowest BCUT2D eigenvalue weighted by molar-refractivity contribution is 0.660.